The Kier molecular flexibility index (Phi) is 4.72. The second kappa shape index (κ2) is 6.94. The van der Waals surface area contributed by atoms with E-state index in [0.717, 1.165) is 6.42 Å². The van der Waals surface area contributed by atoms with Crippen LogP contribution in [-0.2, 0) is 16.0 Å². The molecular weight excluding hydrogens is 320 g/mol. The molecule has 2 heterocycles. The summed E-state index contributed by atoms with van der Waals surface area (Å²) in [6, 6.07) is 7.19. The van der Waals surface area contributed by atoms with Crippen molar-refractivity contribution in [3.63, 3.8) is 0 Å². The molecule has 1 atom stereocenters. The molecule has 2 aliphatic rings. The summed E-state index contributed by atoms with van der Waals surface area (Å²) in [5.74, 6) is -2.51. The standard InChI is InChI=1S/C15H16N2.C4H4O4/c1-17-7-3-5-11-12-4-2-6-13-15(12)10(9-16-13)8-14(11)17;5-3(6)1-2-4(7)8/h2,4-6,9,14,16H,3,7-8H2,1H3;1-2H,(H,5,6)(H,7,8)/b;2-1+. The number of carboxylic acids is 2. The van der Waals surface area contributed by atoms with Gasteiger partial charge in [-0.15, -0.1) is 0 Å². The number of likely N-dealkylation sites (N-methyl/N-ethyl adjacent to an activating group) is 1. The van der Waals surface area contributed by atoms with Crippen molar-refractivity contribution in [2.75, 3.05) is 13.6 Å². The van der Waals surface area contributed by atoms with E-state index in [2.05, 4.69) is 47.4 Å². The smallest absolute Gasteiger partial charge is 0.328 e. The maximum atomic E-state index is 9.55. The largest absolute Gasteiger partial charge is 0.478 e. The first-order valence-electron chi connectivity index (χ1n) is 8.11. The summed E-state index contributed by atoms with van der Waals surface area (Å²) in [6.45, 7) is 1.18. The van der Waals surface area contributed by atoms with Crippen molar-refractivity contribution in [2.45, 2.75) is 18.9 Å². The van der Waals surface area contributed by atoms with Gasteiger partial charge in [0.2, 0.25) is 0 Å². The van der Waals surface area contributed by atoms with Crippen LogP contribution in [0.3, 0.4) is 0 Å². The van der Waals surface area contributed by atoms with Crippen molar-refractivity contribution < 1.29 is 19.8 Å². The minimum absolute atomic E-state index is 0.558. The first-order chi connectivity index (χ1) is 12.0. The highest BCUT2D eigenvalue weighted by atomic mass is 16.4. The molecule has 2 aromatic rings. The van der Waals surface area contributed by atoms with E-state index in [9.17, 15) is 9.59 Å². The third kappa shape index (κ3) is 3.49. The molecule has 0 amide bonds. The van der Waals surface area contributed by atoms with Gasteiger partial charge in [-0.3, -0.25) is 4.90 Å². The lowest BCUT2D eigenvalue weighted by atomic mass is 9.82. The summed E-state index contributed by atoms with van der Waals surface area (Å²) in [6.07, 6.45) is 8.07. The first kappa shape index (κ1) is 17.0. The Balaban J connectivity index is 0.000000197. The Morgan fingerprint density at radius 2 is 1.96 bits per heavy atom. The van der Waals surface area contributed by atoms with Gasteiger partial charge in [0.25, 0.3) is 0 Å². The molecule has 1 aliphatic carbocycles. The highest BCUT2D eigenvalue weighted by Crippen LogP contribution is 2.39. The Bertz CT molecular complexity index is 863. The van der Waals surface area contributed by atoms with E-state index in [4.69, 9.17) is 10.2 Å². The molecule has 0 saturated carbocycles. The van der Waals surface area contributed by atoms with Gasteiger partial charge in [0.05, 0.1) is 0 Å². The van der Waals surface area contributed by atoms with Gasteiger partial charge < -0.3 is 15.2 Å². The van der Waals surface area contributed by atoms with Crippen molar-refractivity contribution in [3.8, 4) is 0 Å². The van der Waals surface area contributed by atoms with Crippen LogP contribution in [0, 0.1) is 0 Å². The summed E-state index contributed by atoms with van der Waals surface area (Å²) in [5, 5.41) is 17.1. The lowest BCUT2D eigenvalue weighted by Crippen LogP contribution is -2.39. The van der Waals surface area contributed by atoms with Crippen LogP contribution in [0.4, 0.5) is 0 Å². The van der Waals surface area contributed by atoms with E-state index in [1.807, 2.05) is 0 Å². The number of carboxylic acid groups (broad SMARTS) is 2. The van der Waals surface area contributed by atoms with Gasteiger partial charge in [0.1, 0.15) is 0 Å². The molecular formula is C19H20N2O4. The third-order valence-electron chi connectivity index (χ3n) is 4.62. The van der Waals surface area contributed by atoms with Crippen LogP contribution in [0.2, 0.25) is 0 Å². The second-order valence-corrected chi connectivity index (χ2v) is 6.20. The van der Waals surface area contributed by atoms with Crippen molar-refractivity contribution in [1.82, 2.24) is 9.88 Å². The lowest BCUT2D eigenvalue weighted by Gasteiger charge is -2.36. The molecule has 1 aliphatic heterocycles. The van der Waals surface area contributed by atoms with E-state index >= 15 is 0 Å². The molecule has 25 heavy (non-hydrogen) atoms. The van der Waals surface area contributed by atoms with E-state index in [1.54, 1.807) is 0 Å². The average Bonchev–Trinajstić information content (AvgIpc) is 2.99. The molecule has 0 saturated heterocycles. The molecule has 6 nitrogen and oxygen atoms in total. The van der Waals surface area contributed by atoms with E-state index < -0.39 is 11.9 Å². The Morgan fingerprint density at radius 3 is 2.64 bits per heavy atom. The van der Waals surface area contributed by atoms with Crippen LogP contribution < -0.4 is 0 Å². The number of fused-ring (bicyclic) bond motifs is 2. The van der Waals surface area contributed by atoms with Crippen molar-refractivity contribution in [1.29, 1.82) is 0 Å². The van der Waals surface area contributed by atoms with Crippen LogP contribution in [0.1, 0.15) is 17.5 Å². The van der Waals surface area contributed by atoms with Crippen LogP contribution in [-0.4, -0.2) is 51.7 Å². The molecule has 4 rings (SSSR count). The summed E-state index contributed by atoms with van der Waals surface area (Å²) >= 11 is 0. The quantitative estimate of drug-likeness (QED) is 0.731. The van der Waals surface area contributed by atoms with E-state index in [0.29, 0.717) is 18.2 Å². The highest BCUT2D eigenvalue weighted by Gasteiger charge is 2.30. The van der Waals surface area contributed by atoms with Gasteiger partial charge in [-0.2, -0.15) is 0 Å². The molecule has 0 fully saturated rings. The minimum Gasteiger partial charge on any atom is -0.478 e. The molecule has 0 bridgehead atoms. The lowest BCUT2D eigenvalue weighted by molar-refractivity contribution is -0.134. The number of aliphatic carboxylic acids is 2. The van der Waals surface area contributed by atoms with Crippen molar-refractivity contribution in [3.05, 3.63) is 53.8 Å². The number of H-pyrrole nitrogens is 1. The van der Waals surface area contributed by atoms with Crippen LogP contribution in [0.15, 0.2) is 42.6 Å². The van der Waals surface area contributed by atoms with Gasteiger partial charge >= 0.3 is 11.9 Å². The number of benzene rings is 1. The second-order valence-electron chi connectivity index (χ2n) is 6.20. The number of aromatic amines is 1. The number of hydrogen-bond donors (Lipinski definition) is 3. The normalized spacial score (nSPS) is 19.1. The monoisotopic (exact) mass is 340 g/mol. The molecule has 1 aromatic heterocycles. The summed E-state index contributed by atoms with van der Waals surface area (Å²) < 4.78 is 0. The predicted molar refractivity (Wildman–Crippen MR) is 95.4 cm³/mol. The number of rotatable bonds is 2. The molecule has 1 unspecified atom stereocenters. The summed E-state index contributed by atoms with van der Waals surface area (Å²) in [4.78, 5) is 25.0. The number of carbonyl (C=O) groups is 2. The average molecular weight is 340 g/mol. The molecule has 0 radical (unpaired) electrons. The maximum absolute atomic E-state index is 9.55. The number of nitrogens with zero attached hydrogens (tertiary/aromatic N) is 1. The predicted octanol–water partition coefficient (Wildman–Crippen LogP) is 2.52. The highest BCUT2D eigenvalue weighted by molar-refractivity contribution is 5.98. The zero-order chi connectivity index (χ0) is 18.0. The van der Waals surface area contributed by atoms with Gasteiger partial charge in [0.15, 0.2) is 0 Å². The van der Waals surface area contributed by atoms with Crippen LogP contribution >= 0.6 is 0 Å². The van der Waals surface area contributed by atoms with Crippen molar-refractivity contribution >= 4 is 28.4 Å². The fourth-order valence-electron chi connectivity index (χ4n) is 3.52. The van der Waals surface area contributed by atoms with Crippen molar-refractivity contribution in [2.24, 2.45) is 0 Å². The van der Waals surface area contributed by atoms with Gasteiger partial charge in [-0.25, -0.2) is 9.59 Å². The van der Waals surface area contributed by atoms with E-state index in [1.165, 1.54) is 40.6 Å². The summed E-state index contributed by atoms with van der Waals surface area (Å²) in [5.41, 5.74) is 5.74. The Hall–Kier alpha value is -2.86. The zero-order valence-corrected chi connectivity index (χ0v) is 13.9. The van der Waals surface area contributed by atoms with Gasteiger partial charge in [0, 0.05) is 41.8 Å². The van der Waals surface area contributed by atoms with E-state index in [-0.39, 0.29) is 0 Å². The van der Waals surface area contributed by atoms with Gasteiger partial charge in [-0.05, 0) is 42.7 Å². The molecule has 3 N–H and O–H groups in total. The minimum atomic E-state index is -1.26. The van der Waals surface area contributed by atoms with Gasteiger partial charge in [-0.1, -0.05) is 18.2 Å². The molecule has 1 aromatic carbocycles. The maximum Gasteiger partial charge on any atom is 0.328 e. The number of nitrogens with one attached hydrogen (secondary N) is 1. The molecule has 130 valence electrons. The Morgan fingerprint density at radius 1 is 1.24 bits per heavy atom. The zero-order valence-electron chi connectivity index (χ0n) is 13.9. The fourth-order valence-corrected chi connectivity index (χ4v) is 3.52. The number of aromatic nitrogens is 1. The van der Waals surface area contributed by atoms with Crippen LogP contribution in [0.5, 0.6) is 0 Å². The SMILES string of the molecule is CN1CCC=C2c3cccc4[nH]cc(c34)CC21.O=C(O)/C=C/C(=O)O. The fraction of sp³-hybridized carbons (Fsp3) is 0.263. The third-order valence-corrected chi connectivity index (χ3v) is 4.62. The summed E-state index contributed by atoms with van der Waals surface area (Å²) in [7, 11) is 2.25. The molecule has 0 spiro atoms. The molecule has 6 heteroatoms. The Labute approximate surface area is 145 Å². The number of hydrogen-bond acceptors (Lipinski definition) is 3. The van der Waals surface area contributed by atoms with Crippen LogP contribution in [0.25, 0.3) is 16.5 Å². The topological polar surface area (TPSA) is 93.6 Å². The first-order valence-corrected chi connectivity index (χ1v) is 8.11.